The summed E-state index contributed by atoms with van der Waals surface area (Å²) in [5.74, 6) is 0.856. The van der Waals surface area contributed by atoms with E-state index >= 15 is 0 Å². The molecule has 0 aliphatic rings. The van der Waals surface area contributed by atoms with Gasteiger partial charge in [0.25, 0.3) is 0 Å². The molecular formula is C17H20O2. The maximum atomic E-state index is 9.04. The Labute approximate surface area is 114 Å². The van der Waals surface area contributed by atoms with Crippen molar-refractivity contribution < 1.29 is 9.84 Å². The largest absolute Gasteiger partial charge is 0.489 e. The molecule has 0 radical (unpaired) electrons. The van der Waals surface area contributed by atoms with Gasteiger partial charge in [-0.15, -0.1) is 0 Å². The van der Waals surface area contributed by atoms with Gasteiger partial charge < -0.3 is 9.84 Å². The molecule has 0 aliphatic heterocycles. The van der Waals surface area contributed by atoms with E-state index in [0.29, 0.717) is 13.0 Å². The zero-order chi connectivity index (χ0) is 13.7. The molecule has 2 heteroatoms. The lowest BCUT2D eigenvalue weighted by molar-refractivity contribution is 0.284. The number of aliphatic hydroxyl groups is 1. The quantitative estimate of drug-likeness (QED) is 0.888. The van der Waals surface area contributed by atoms with Crippen LogP contribution in [0, 0.1) is 13.8 Å². The van der Waals surface area contributed by atoms with Gasteiger partial charge >= 0.3 is 0 Å². The van der Waals surface area contributed by atoms with Crippen LogP contribution >= 0.6 is 0 Å². The third kappa shape index (κ3) is 3.58. The van der Waals surface area contributed by atoms with Crippen LogP contribution in [0.2, 0.25) is 0 Å². The summed E-state index contributed by atoms with van der Waals surface area (Å²) in [4.78, 5) is 0. The van der Waals surface area contributed by atoms with Crippen LogP contribution in [0.5, 0.6) is 5.75 Å². The molecule has 1 N–H and O–H groups in total. The zero-order valence-corrected chi connectivity index (χ0v) is 11.5. The number of rotatable bonds is 5. The Balaban J connectivity index is 2.07. The number of aryl methyl sites for hydroxylation is 2. The number of para-hydroxylation sites is 1. The van der Waals surface area contributed by atoms with Crippen molar-refractivity contribution in [3.63, 3.8) is 0 Å². The van der Waals surface area contributed by atoms with Crippen molar-refractivity contribution in [2.45, 2.75) is 26.9 Å². The van der Waals surface area contributed by atoms with Gasteiger partial charge in [-0.05, 0) is 48.6 Å². The first kappa shape index (κ1) is 13.6. The van der Waals surface area contributed by atoms with Gasteiger partial charge in [0.2, 0.25) is 0 Å². The van der Waals surface area contributed by atoms with Crippen LogP contribution in [-0.4, -0.2) is 11.7 Å². The Morgan fingerprint density at radius 2 is 1.79 bits per heavy atom. The molecule has 0 atom stereocenters. The second kappa shape index (κ2) is 6.39. The van der Waals surface area contributed by atoms with E-state index in [2.05, 4.69) is 32.0 Å². The zero-order valence-electron chi connectivity index (χ0n) is 11.5. The molecule has 19 heavy (non-hydrogen) atoms. The molecular weight excluding hydrogens is 236 g/mol. The normalized spacial score (nSPS) is 10.5. The third-order valence-electron chi connectivity index (χ3n) is 3.32. The molecule has 0 aliphatic carbocycles. The lowest BCUT2D eigenvalue weighted by atomic mass is 10.1. The summed E-state index contributed by atoms with van der Waals surface area (Å²) < 4.78 is 5.86. The lowest BCUT2D eigenvalue weighted by Crippen LogP contribution is -2.00. The average molecular weight is 256 g/mol. The molecule has 2 aromatic rings. The van der Waals surface area contributed by atoms with Gasteiger partial charge in [0.1, 0.15) is 12.4 Å². The molecule has 2 aromatic carbocycles. The van der Waals surface area contributed by atoms with E-state index in [1.54, 1.807) is 0 Å². The summed E-state index contributed by atoms with van der Waals surface area (Å²) in [6.45, 7) is 4.92. The summed E-state index contributed by atoms with van der Waals surface area (Å²) in [6, 6.07) is 14.2. The number of ether oxygens (including phenoxy) is 1. The number of benzene rings is 2. The molecule has 0 amide bonds. The van der Waals surface area contributed by atoms with Crippen molar-refractivity contribution in [2.24, 2.45) is 0 Å². The standard InChI is InChI=1S/C17H20O2/c1-13-7-8-15(11-14(13)2)12-19-17-6-4-3-5-16(17)9-10-18/h3-8,11,18H,9-10,12H2,1-2H3. The Hall–Kier alpha value is -1.80. The third-order valence-corrected chi connectivity index (χ3v) is 3.32. The van der Waals surface area contributed by atoms with Crippen LogP contribution in [0.15, 0.2) is 42.5 Å². The molecule has 2 nitrogen and oxygen atoms in total. The van der Waals surface area contributed by atoms with E-state index in [1.807, 2.05) is 24.3 Å². The number of hydrogen-bond donors (Lipinski definition) is 1. The fourth-order valence-electron chi connectivity index (χ4n) is 2.03. The van der Waals surface area contributed by atoms with Crippen LogP contribution < -0.4 is 4.74 Å². The number of hydrogen-bond acceptors (Lipinski definition) is 2. The van der Waals surface area contributed by atoms with E-state index in [1.165, 1.54) is 16.7 Å². The molecule has 0 bridgehead atoms. The predicted molar refractivity (Wildman–Crippen MR) is 77.5 cm³/mol. The highest BCUT2D eigenvalue weighted by Gasteiger charge is 2.03. The molecule has 0 heterocycles. The van der Waals surface area contributed by atoms with Gasteiger partial charge in [0, 0.05) is 6.61 Å². The minimum Gasteiger partial charge on any atom is -0.489 e. The van der Waals surface area contributed by atoms with Crippen LogP contribution in [0.25, 0.3) is 0 Å². The fraction of sp³-hybridized carbons (Fsp3) is 0.294. The van der Waals surface area contributed by atoms with Gasteiger partial charge in [0.15, 0.2) is 0 Å². The van der Waals surface area contributed by atoms with E-state index < -0.39 is 0 Å². The fourth-order valence-corrected chi connectivity index (χ4v) is 2.03. The highest BCUT2D eigenvalue weighted by molar-refractivity contribution is 5.34. The highest BCUT2D eigenvalue weighted by Crippen LogP contribution is 2.20. The molecule has 0 aromatic heterocycles. The van der Waals surface area contributed by atoms with E-state index in [-0.39, 0.29) is 6.61 Å². The molecule has 0 saturated carbocycles. The minimum absolute atomic E-state index is 0.143. The van der Waals surface area contributed by atoms with Crippen LogP contribution in [0.1, 0.15) is 22.3 Å². The Kier molecular flexibility index (Phi) is 4.58. The van der Waals surface area contributed by atoms with Gasteiger partial charge in [-0.1, -0.05) is 36.4 Å². The average Bonchev–Trinajstić information content (AvgIpc) is 2.42. The summed E-state index contributed by atoms with van der Waals surface area (Å²) >= 11 is 0. The van der Waals surface area contributed by atoms with Crippen LogP contribution in [0.3, 0.4) is 0 Å². The summed E-state index contributed by atoms with van der Waals surface area (Å²) in [5.41, 5.74) is 4.80. The Morgan fingerprint density at radius 1 is 1.00 bits per heavy atom. The monoisotopic (exact) mass is 256 g/mol. The lowest BCUT2D eigenvalue weighted by Gasteiger charge is -2.11. The number of aliphatic hydroxyl groups excluding tert-OH is 1. The van der Waals surface area contributed by atoms with E-state index in [4.69, 9.17) is 9.84 Å². The maximum Gasteiger partial charge on any atom is 0.123 e. The van der Waals surface area contributed by atoms with Crippen LogP contribution in [-0.2, 0) is 13.0 Å². The SMILES string of the molecule is Cc1ccc(COc2ccccc2CCO)cc1C. The van der Waals surface area contributed by atoms with Crippen molar-refractivity contribution in [3.8, 4) is 5.75 Å². The first-order valence-corrected chi connectivity index (χ1v) is 6.58. The summed E-state index contributed by atoms with van der Waals surface area (Å²) in [6.07, 6.45) is 0.628. The molecule has 100 valence electrons. The molecule has 0 saturated heterocycles. The minimum atomic E-state index is 0.143. The smallest absolute Gasteiger partial charge is 0.123 e. The van der Waals surface area contributed by atoms with Crippen molar-refractivity contribution in [1.29, 1.82) is 0 Å². The Bertz CT molecular complexity index is 547. The first-order valence-electron chi connectivity index (χ1n) is 6.58. The molecule has 2 rings (SSSR count). The van der Waals surface area contributed by atoms with Crippen molar-refractivity contribution in [1.82, 2.24) is 0 Å². The van der Waals surface area contributed by atoms with Crippen LogP contribution in [0.4, 0.5) is 0 Å². The van der Waals surface area contributed by atoms with Gasteiger partial charge in [0.05, 0.1) is 0 Å². The first-order chi connectivity index (χ1) is 9.20. The topological polar surface area (TPSA) is 29.5 Å². The van der Waals surface area contributed by atoms with Crippen molar-refractivity contribution in [2.75, 3.05) is 6.61 Å². The molecule has 0 spiro atoms. The summed E-state index contributed by atoms with van der Waals surface area (Å²) in [7, 11) is 0. The highest BCUT2D eigenvalue weighted by atomic mass is 16.5. The molecule has 0 unspecified atom stereocenters. The maximum absolute atomic E-state index is 9.04. The van der Waals surface area contributed by atoms with Crippen molar-refractivity contribution in [3.05, 3.63) is 64.7 Å². The second-order valence-corrected chi connectivity index (χ2v) is 4.79. The summed E-state index contributed by atoms with van der Waals surface area (Å²) in [5, 5.41) is 9.04. The van der Waals surface area contributed by atoms with E-state index in [9.17, 15) is 0 Å². The predicted octanol–water partition coefficient (Wildman–Crippen LogP) is 3.42. The molecule has 0 fully saturated rings. The van der Waals surface area contributed by atoms with Gasteiger partial charge in [-0.2, -0.15) is 0 Å². The Morgan fingerprint density at radius 3 is 2.53 bits per heavy atom. The second-order valence-electron chi connectivity index (χ2n) is 4.79. The van der Waals surface area contributed by atoms with Gasteiger partial charge in [-0.25, -0.2) is 0 Å². The van der Waals surface area contributed by atoms with Gasteiger partial charge in [-0.3, -0.25) is 0 Å². The van der Waals surface area contributed by atoms with Crippen molar-refractivity contribution >= 4 is 0 Å². The van der Waals surface area contributed by atoms with E-state index in [0.717, 1.165) is 11.3 Å².